The zero-order chi connectivity index (χ0) is 24.7. The molecule has 5 nitrogen and oxygen atoms in total. The highest BCUT2D eigenvalue weighted by Crippen LogP contribution is 2.59. The molecule has 0 bridgehead atoms. The molecule has 1 fully saturated rings. The van der Waals surface area contributed by atoms with Crippen molar-refractivity contribution >= 4 is 17.9 Å². The second-order valence-electron chi connectivity index (χ2n) is 11.2. The molecule has 1 rings (SSSR count). The summed E-state index contributed by atoms with van der Waals surface area (Å²) in [4.78, 5) is 39.1. The Morgan fingerprint density at radius 3 is 2.38 bits per heavy atom. The third-order valence-electron chi connectivity index (χ3n) is 7.54. The van der Waals surface area contributed by atoms with E-state index in [1.165, 1.54) is 5.57 Å². The Hall–Kier alpha value is -1.33. The van der Waals surface area contributed by atoms with Gasteiger partial charge in [-0.2, -0.15) is 0 Å². The van der Waals surface area contributed by atoms with E-state index < -0.39 is 10.8 Å². The zero-order valence-corrected chi connectivity index (χ0v) is 21.9. The van der Waals surface area contributed by atoms with E-state index in [1.54, 1.807) is 7.11 Å². The third kappa shape index (κ3) is 6.38. The van der Waals surface area contributed by atoms with Gasteiger partial charge in [-0.15, -0.1) is 0 Å². The summed E-state index contributed by atoms with van der Waals surface area (Å²) in [6, 6.07) is 0. The van der Waals surface area contributed by atoms with E-state index in [4.69, 9.17) is 9.47 Å². The summed E-state index contributed by atoms with van der Waals surface area (Å²) < 4.78 is 10.9. The number of rotatable bonds is 13. The van der Waals surface area contributed by atoms with Crippen LogP contribution >= 0.6 is 0 Å². The minimum atomic E-state index is -1.14. The van der Waals surface area contributed by atoms with Crippen LogP contribution in [0.25, 0.3) is 0 Å². The summed E-state index contributed by atoms with van der Waals surface area (Å²) in [6.07, 6.45) is 6.51. The van der Waals surface area contributed by atoms with Gasteiger partial charge in [0, 0.05) is 25.4 Å². The molecule has 0 aromatic heterocycles. The molecule has 1 aliphatic carbocycles. The Morgan fingerprint density at radius 1 is 1.25 bits per heavy atom. The summed E-state index contributed by atoms with van der Waals surface area (Å²) in [5, 5.41) is 0. The Bertz CT molecular complexity index is 684. The normalized spacial score (nSPS) is 25.6. The number of carbonyl (C=O) groups excluding carboxylic acids is 3. The van der Waals surface area contributed by atoms with Crippen LogP contribution in [0.3, 0.4) is 0 Å². The fourth-order valence-corrected chi connectivity index (χ4v) is 5.41. The van der Waals surface area contributed by atoms with E-state index in [9.17, 15) is 14.4 Å². The molecule has 0 spiro atoms. The minimum absolute atomic E-state index is 0.0175. The predicted molar refractivity (Wildman–Crippen MR) is 128 cm³/mol. The van der Waals surface area contributed by atoms with Crippen molar-refractivity contribution in [3.8, 4) is 0 Å². The predicted octanol–water partition coefficient (Wildman–Crippen LogP) is 5.94. The Morgan fingerprint density at radius 2 is 1.88 bits per heavy atom. The van der Waals surface area contributed by atoms with Gasteiger partial charge in [-0.05, 0) is 71.1 Å². The molecule has 32 heavy (non-hydrogen) atoms. The van der Waals surface area contributed by atoms with Gasteiger partial charge in [-0.25, -0.2) is 0 Å². The van der Waals surface area contributed by atoms with Crippen molar-refractivity contribution in [3.05, 3.63) is 11.6 Å². The van der Waals surface area contributed by atoms with Gasteiger partial charge in [0.15, 0.2) is 0 Å². The molecule has 5 heteroatoms. The van der Waals surface area contributed by atoms with E-state index in [-0.39, 0.29) is 48.1 Å². The average Bonchev–Trinajstić information content (AvgIpc) is 2.70. The lowest BCUT2D eigenvalue weighted by Crippen LogP contribution is -2.60. The van der Waals surface area contributed by atoms with Crippen molar-refractivity contribution in [2.75, 3.05) is 13.9 Å². The molecule has 0 aromatic rings. The number of methoxy groups -OCH3 is 1. The Balaban J connectivity index is 3.45. The maximum absolute atomic E-state index is 14.0. The summed E-state index contributed by atoms with van der Waals surface area (Å²) in [5.74, 6) is -0.298. The zero-order valence-electron chi connectivity index (χ0n) is 21.9. The maximum Gasteiger partial charge on any atom is 0.150 e. The largest absolute Gasteiger partial charge is 0.359 e. The number of ether oxygens (including phenoxy) is 2. The van der Waals surface area contributed by atoms with Crippen molar-refractivity contribution in [2.24, 2.45) is 28.6 Å². The van der Waals surface area contributed by atoms with Crippen LogP contribution in [-0.2, 0) is 23.9 Å². The van der Waals surface area contributed by atoms with E-state index in [0.717, 1.165) is 25.5 Å². The second-order valence-corrected chi connectivity index (χ2v) is 11.2. The SMILES string of the molecule is COCOC(C)(C)CC[C@H]1C[C@@H](CC=C(C)C)C(=O)[C@@](CCC=O)(C(=O)C(C)C)C1(C)C. The van der Waals surface area contributed by atoms with Crippen LogP contribution in [0.1, 0.15) is 93.9 Å². The highest BCUT2D eigenvalue weighted by molar-refractivity contribution is 6.10. The molecule has 0 aliphatic heterocycles. The lowest BCUT2D eigenvalue weighted by atomic mass is 9.45. The van der Waals surface area contributed by atoms with Crippen LogP contribution in [0, 0.1) is 28.6 Å². The van der Waals surface area contributed by atoms with Crippen LogP contribution in [0.5, 0.6) is 0 Å². The molecule has 0 saturated heterocycles. The number of carbonyl (C=O) groups is 3. The van der Waals surface area contributed by atoms with Crippen LogP contribution in [0.2, 0.25) is 0 Å². The molecule has 0 radical (unpaired) electrons. The van der Waals surface area contributed by atoms with Crippen molar-refractivity contribution in [1.29, 1.82) is 0 Å². The first-order valence-electron chi connectivity index (χ1n) is 12.0. The summed E-state index contributed by atoms with van der Waals surface area (Å²) in [7, 11) is 1.61. The number of aldehydes is 1. The Labute approximate surface area is 195 Å². The second kappa shape index (κ2) is 11.7. The molecule has 0 unspecified atom stereocenters. The summed E-state index contributed by atoms with van der Waals surface area (Å²) in [6.45, 7) is 16.3. The fourth-order valence-electron chi connectivity index (χ4n) is 5.41. The van der Waals surface area contributed by atoms with Gasteiger partial charge in [0.25, 0.3) is 0 Å². The van der Waals surface area contributed by atoms with E-state index in [0.29, 0.717) is 12.8 Å². The van der Waals surface area contributed by atoms with Crippen LogP contribution in [-0.4, -0.2) is 37.4 Å². The first-order chi connectivity index (χ1) is 14.8. The molecule has 0 aromatic carbocycles. The van der Waals surface area contributed by atoms with Gasteiger partial charge in [0.05, 0.1) is 11.0 Å². The minimum Gasteiger partial charge on any atom is -0.359 e. The Kier molecular flexibility index (Phi) is 10.5. The number of hydrogen-bond donors (Lipinski definition) is 0. The number of Topliss-reactive ketones (excluding diaryl/α,β-unsaturated/α-hetero) is 2. The summed E-state index contributed by atoms with van der Waals surface area (Å²) >= 11 is 0. The highest BCUT2D eigenvalue weighted by atomic mass is 16.7. The van der Waals surface area contributed by atoms with E-state index >= 15 is 0 Å². The number of hydrogen-bond acceptors (Lipinski definition) is 5. The maximum atomic E-state index is 14.0. The highest BCUT2D eigenvalue weighted by Gasteiger charge is 2.62. The van der Waals surface area contributed by atoms with Crippen molar-refractivity contribution in [2.45, 2.75) is 99.5 Å². The molecule has 1 saturated carbocycles. The van der Waals surface area contributed by atoms with Gasteiger partial charge in [0.1, 0.15) is 24.6 Å². The lowest BCUT2D eigenvalue weighted by Gasteiger charge is -2.55. The van der Waals surface area contributed by atoms with E-state index in [2.05, 4.69) is 19.9 Å². The lowest BCUT2D eigenvalue weighted by molar-refractivity contribution is -0.167. The monoisotopic (exact) mass is 450 g/mol. The molecule has 0 amide bonds. The quantitative estimate of drug-likeness (QED) is 0.150. The van der Waals surface area contributed by atoms with Crippen molar-refractivity contribution in [1.82, 2.24) is 0 Å². The standard InChI is InChI=1S/C27H46O5/c1-19(2)11-12-21-17-22(13-15-25(5,6)32-18-31-9)26(7,8)27(24(21)30,14-10-16-28)23(29)20(3)4/h11,16,20-22H,10,12-15,17-18H2,1-9H3/t21-,22+,27-/m1/s1. The average molecular weight is 451 g/mol. The number of ketones is 2. The van der Waals surface area contributed by atoms with Crippen LogP contribution in [0.15, 0.2) is 11.6 Å². The molecule has 1 aliphatic rings. The number of allylic oxidation sites excluding steroid dienone is 2. The van der Waals surface area contributed by atoms with Crippen molar-refractivity contribution in [3.63, 3.8) is 0 Å². The first-order valence-corrected chi connectivity index (χ1v) is 12.0. The van der Waals surface area contributed by atoms with Crippen molar-refractivity contribution < 1.29 is 23.9 Å². The molecular weight excluding hydrogens is 404 g/mol. The van der Waals surface area contributed by atoms with Crippen LogP contribution < -0.4 is 0 Å². The smallest absolute Gasteiger partial charge is 0.150 e. The van der Waals surface area contributed by atoms with Gasteiger partial charge in [0.2, 0.25) is 0 Å². The van der Waals surface area contributed by atoms with Crippen LogP contribution in [0.4, 0.5) is 0 Å². The van der Waals surface area contributed by atoms with E-state index in [1.807, 2.05) is 41.5 Å². The van der Waals surface area contributed by atoms with Gasteiger partial charge < -0.3 is 14.3 Å². The van der Waals surface area contributed by atoms with Gasteiger partial charge in [-0.3, -0.25) is 9.59 Å². The topological polar surface area (TPSA) is 69.7 Å². The first kappa shape index (κ1) is 28.7. The summed E-state index contributed by atoms with van der Waals surface area (Å²) in [5.41, 5.74) is -0.881. The molecule has 3 atom stereocenters. The van der Waals surface area contributed by atoms with Gasteiger partial charge in [-0.1, -0.05) is 39.3 Å². The molecule has 0 N–H and O–H groups in total. The van der Waals surface area contributed by atoms with Gasteiger partial charge >= 0.3 is 0 Å². The third-order valence-corrected chi connectivity index (χ3v) is 7.54. The molecule has 184 valence electrons. The molecule has 0 heterocycles. The molecular formula is C27H46O5. The fraction of sp³-hybridized carbons (Fsp3) is 0.815.